The Bertz CT molecular complexity index is 1960. The third-order valence-electron chi connectivity index (χ3n) is 7.63. The number of aliphatic carboxylic acids is 1. The van der Waals surface area contributed by atoms with Gasteiger partial charge in [0.1, 0.15) is 5.75 Å². The molecule has 1 saturated heterocycles. The predicted molar refractivity (Wildman–Crippen MR) is 175 cm³/mol. The lowest BCUT2D eigenvalue weighted by Gasteiger charge is -2.38. The van der Waals surface area contributed by atoms with Crippen LogP contribution >= 0.6 is 11.3 Å². The van der Waals surface area contributed by atoms with E-state index < -0.39 is 44.6 Å². The highest BCUT2D eigenvalue weighted by Gasteiger charge is 2.36. The minimum atomic E-state index is -4.02. The summed E-state index contributed by atoms with van der Waals surface area (Å²) >= 11 is 0.899. The number of carbonyl (C=O) groups is 2. The molecule has 0 saturated carbocycles. The number of aromatic nitrogens is 2. The molecule has 4 aromatic rings. The second-order valence-corrected chi connectivity index (χ2v) is 15.7. The number of sulfonamides is 2. The van der Waals surface area contributed by atoms with E-state index in [0.29, 0.717) is 32.8 Å². The van der Waals surface area contributed by atoms with Crippen molar-refractivity contribution in [2.24, 2.45) is 0 Å². The number of thiophene rings is 1. The normalized spacial score (nSPS) is 14.5. The van der Waals surface area contributed by atoms with E-state index in [-0.39, 0.29) is 48.1 Å². The van der Waals surface area contributed by atoms with E-state index in [1.165, 1.54) is 33.4 Å². The van der Waals surface area contributed by atoms with Crippen LogP contribution in [0.15, 0.2) is 73.3 Å². The van der Waals surface area contributed by atoms with Crippen LogP contribution in [0, 0.1) is 6.92 Å². The smallest absolute Gasteiger partial charge is 0.349 e. The molecule has 2 N–H and O–H groups in total. The first-order valence-corrected chi connectivity index (χ1v) is 18.5. The van der Waals surface area contributed by atoms with Crippen LogP contribution in [0.5, 0.6) is 5.75 Å². The van der Waals surface area contributed by atoms with Crippen LogP contribution in [-0.4, -0.2) is 79.0 Å². The molecular weight excluding hydrogens is 669 g/mol. The Morgan fingerprint density at radius 3 is 2.11 bits per heavy atom. The molecular formula is C31H32N4O9S3. The molecule has 248 valence electrons. The van der Waals surface area contributed by atoms with Gasteiger partial charge >= 0.3 is 11.9 Å². The fourth-order valence-corrected chi connectivity index (χ4v) is 10.0. The summed E-state index contributed by atoms with van der Waals surface area (Å²) in [6.07, 6.45) is 6.55. The molecule has 0 aliphatic carbocycles. The van der Waals surface area contributed by atoms with Crippen molar-refractivity contribution in [1.82, 2.24) is 14.3 Å². The van der Waals surface area contributed by atoms with Crippen molar-refractivity contribution in [1.29, 1.82) is 0 Å². The number of hydrogen-bond donors (Lipinski definition) is 2. The van der Waals surface area contributed by atoms with E-state index in [1.807, 2.05) is 0 Å². The highest BCUT2D eigenvalue weighted by Crippen LogP contribution is 2.43. The van der Waals surface area contributed by atoms with E-state index in [9.17, 15) is 31.5 Å². The number of aromatic carboxylic acids is 1. The van der Waals surface area contributed by atoms with Crippen molar-refractivity contribution in [3.63, 3.8) is 0 Å². The van der Waals surface area contributed by atoms with Gasteiger partial charge in [-0.05, 0) is 72.9 Å². The first-order chi connectivity index (χ1) is 22.4. The van der Waals surface area contributed by atoms with Crippen molar-refractivity contribution in [3.8, 4) is 16.2 Å². The molecule has 1 aliphatic heterocycles. The van der Waals surface area contributed by atoms with Crippen molar-refractivity contribution >= 4 is 49.0 Å². The maximum absolute atomic E-state index is 14.1. The van der Waals surface area contributed by atoms with Crippen LogP contribution in [-0.2, 0) is 36.3 Å². The molecule has 3 aromatic heterocycles. The second kappa shape index (κ2) is 14.2. The molecule has 1 aliphatic rings. The Morgan fingerprint density at radius 1 is 0.936 bits per heavy atom. The van der Waals surface area contributed by atoms with Gasteiger partial charge in [0.2, 0.25) is 20.0 Å². The molecule has 0 amide bonds. The van der Waals surface area contributed by atoms with E-state index in [2.05, 4.69) is 9.97 Å². The summed E-state index contributed by atoms with van der Waals surface area (Å²) in [5.74, 6) is -3.12. The number of rotatable bonds is 13. The van der Waals surface area contributed by atoms with Gasteiger partial charge in [0.15, 0.2) is 11.5 Å². The highest BCUT2D eigenvalue weighted by molar-refractivity contribution is 7.92. The van der Waals surface area contributed by atoms with Crippen molar-refractivity contribution in [3.05, 3.63) is 94.9 Å². The van der Waals surface area contributed by atoms with Gasteiger partial charge in [-0.15, -0.1) is 11.3 Å². The number of piperidine rings is 1. The van der Waals surface area contributed by atoms with Crippen LogP contribution in [0.3, 0.4) is 0 Å². The van der Waals surface area contributed by atoms with Gasteiger partial charge < -0.3 is 14.9 Å². The fourth-order valence-electron chi connectivity index (χ4n) is 5.50. The zero-order valence-corrected chi connectivity index (χ0v) is 27.7. The third-order valence-corrected chi connectivity index (χ3v) is 12.6. The number of pyridine rings is 2. The average molecular weight is 701 g/mol. The molecule has 47 heavy (non-hydrogen) atoms. The minimum Gasteiger partial charge on any atom is -0.480 e. The lowest BCUT2D eigenvalue weighted by Crippen LogP contribution is -2.49. The molecule has 5 rings (SSSR count). The summed E-state index contributed by atoms with van der Waals surface area (Å²) in [5.41, 5.74) is 2.38. The zero-order valence-electron chi connectivity index (χ0n) is 25.2. The maximum Gasteiger partial charge on any atom is 0.349 e. The van der Waals surface area contributed by atoms with Crippen LogP contribution in [0.1, 0.15) is 39.2 Å². The van der Waals surface area contributed by atoms with Gasteiger partial charge in [-0.2, -0.15) is 0 Å². The minimum absolute atomic E-state index is 0.0622. The predicted octanol–water partition coefficient (Wildman–Crippen LogP) is 4.01. The largest absolute Gasteiger partial charge is 0.480 e. The molecule has 1 aromatic carbocycles. The van der Waals surface area contributed by atoms with Gasteiger partial charge in [0.05, 0.1) is 17.2 Å². The summed E-state index contributed by atoms with van der Waals surface area (Å²) in [5, 5.41) is 18.9. The monoisotopic (exact) mass is 700 g/mol. The van der Waals surface area contributed by atoms with Crippen molar-refractivity contribution < 1.29 is 41.4 Å². The number of nitrogens with zero attached hydrogens (tertiary/aromatic N) is 4. The Labute approximate surface area is 276 Å². The molecule has 4 heterocycles. The molecule has 0 bridgehead atoms. The quantitative estimate of drug-likeness (QED) is 0.205. The summed E-state index contributed by atoms with van der Waals surface area (Å²) in [6.45, 7) is 1.13. The molecule has 0 radical (unpaired) electrons. The number of carboxylic acids is 2. The van der Waals surface area contributed by atoms with Crippen molar-refractivity contribution in [2.45, 2.75) is 37.3 Å². The van der Waals surface area contributed by atoms with Gasteiger partial charge in [-0.1, -0.05) is 12.1 Å². The molecule has 13 nitrogen and oxygen atoms in total. The first-order valence-electron chi connectivity index (χ1n) is 14.4. The lowest BCUT2D eigenvalue weighted by atomic mass is 10.0. The molecule has 0 spiro atoms. The van der Waals surface area contributed by atoms with Gasteiger partial charge in [-0.25, -0.2) is 30.7 Å². The van der Waals surface area contributed by atoms with Crippen molar-refractivity contribution in [2.75, 3.05) is 24.0 Å². The number of hydrogen-bond acceptors (Lipinski definition) is 10. The van der Waals surface area contributed by atoms with Gasteiger partial charge in [-0.3, -0.25) is 14.3 Å². The molecule has 0 atom stereocenters. The average Bonchev–Trinajstić information content (AvgIpc) is 3.37. The van der Waals surface area contributed by atoms with E-state index in [0.717, 1.165) is 11.3 Å². The molecule has 16 heteroatoms. The van der Waals surface area contributed by atoms with Gasteiger partial charge in [0.25, 0.3) is 0 Å². The fraction of sp³-hybridized carbons (Fsp3) is 0.290. The topological polar surface area (TPSA) is 184 Å². The standard InChI is InChI=1S/C31H32N4O9S3/c1-21-28(44-18-27(36)37)30(31(38)39)45-29(21)24-3-2-4-26(17-24)35(47(42,43)20-23-7-13-33-14-8-23)25-9-15-34(16-10-25)46(40,41)19-22-5-11-32-12-6-22/h2-8,11-14,17,25H,9-10,15-16,18-20H2,1H3,(H,36,37)(H,38,39). The Kier molecular flexibility index (Phi) is 10.2. The lowest BCUT2D eigenvalue weighted by molar-refractivity contribution is -0.139. The summed E-state index contributed by atoms with van der Waals surface area (Å²) in [7, 11) is -7.69. The number of ether oxygens (including phenoxy) is 1. The summed E-state index contributed by atoms with van der Waals surface area (Å²) in [6, 6.07) is 12.6. The first kappa shape index (κ1) is 34.0. The van der Waals surface area contributed by atoms with E-state index in [4.69, 9.17) is 9.84 Å². The van der Waals surface area contributed by atoms with E-state index >= 15 is 0 Å². The Hall–Kier alpha value is -4.38. The summed E-state index contributed by atoms with van der Waals surface area (Å²) in [4.78, 5) is 31.3. The van der Waals surface area contributed by atoms with Crippen LogP contribution < -0.4 is 9.04 Å². The highest BCUT2D eigenvalue weighted by atomic mass is 32.2. The molecule has 1 fully saturated rings. The Morgan fingerprint density at radius 2 is 1.53 bits per heavy atom. The number of carboxylic acid groups (broad SMARTS) is 2. The second-order valence-electron chi connectivity index (χ2n) is 10.9. The van der Waals surface area contributed by atoms with Gasteiger partial charge in [0, 0.05) is 54.4 Å². The number of anilines is 1. The third kappa shape index (κ3) is 7.96. The Balaban J connectivity index is 1.48. The molecule has 0 unspecified atom stereocenters. The SMILES string of the molecule is Cc1c(-c2cccc(N(C3CCN(S(=O)(=O)Cc4ccncc4)CC3)S(=O)(=O)Cc3ccncc3)c2)sc(C(=O)O)c1OCC(=O)O. The zero-order chi connectivity index (χ0) is 33.8. The van der Waals surface area contributed by atoms with Crippen LogP contribution in [0.2, 0.25) is 0 Å². The van der Waals surface area contributed by atoms with Crippen LogP contribution in [0.25, 0.3) is 10.4 Å². The maximum atomic E-state index is 14.1. The van der Waals surface area contributed by atoms with Crippen LogP contribution in [0.4, 0.5) is 5.69 Å². The number of benzene rings is 1. The summed E-state index contributed by atoms with van der Waals surface area (Å²) < 4.78 is 62.8. The van der Waals surface area contributed by atoms with E-state index in [1.54, 1.807) is 55.5 Å².